The largest absolute Gasteiger partial charge is 0.411 e. The van der Waals surface area contributed by atoms with Gasteiger partial charge in [-0.25, -0.2) is 0 Å². The molecule has 1 N–H and O–H groups in total. The molecular formula is C16H13IN2O2. The third-order valence-electron chi connectivity index (χ3n) is 3.55. The van der Waals surface area contributed by atoms with Crippen molar-refractivity contribution < 1.29 is 10.0 Å². The maximum atomic E-state index is 12.8. The molecule has 1 heterocycles. The van der Waals surface area contributed by atoms with Crippen LogP contribution in [0.4, 0.5) is 5.69 Å². The molecule has 0 spiro atoms. The molecule has 1 aliphatic rings. The Bertz CT molecular complexity index is 728. The SMILES string of the molecule is O=C(c1ccccc1I)N1CCC(=NO)c2ccccc21. The molecular weight excluding hydrogens is 379 g/mol. The highest BCUT2D eigenvalue weighted by Gasteiger charge is 2.27. The summed E-state index contributed by atoms with van der Waals surface area (Å²) in [5, 5.41) is 12.5. The van der Waals surface area contributed by atoms with Gasteiger partial charge in [0.1, 0.15) is 0 Å². The second-order valence-corrected chi connectivity index (χ2v) is 5.91. The highest BCUT2D eigenvalue weighted by molar-refractivity contribution is 14.1. The molecule has 2 aromatic carbocycles. The maximum Gasteiger partial charge on any atom is 0.259 e. The Morgan fingerprint density at radius 2 is 1.86 bits per heavy atom. The molecule has 0 fully saturated rings. The van der Waals surface area contributed by atoms with Gasteiger partial charge in [-0.2, -0.15) is 0 Å². The van der Waals surface area contributed by atoms with Crippen LogP contribution in [-0.4, -0.2) is 23.4 Å². The second kappa shape index (κ2) is 5.85. The van der Waals surface area contributed by atoms with E-state index in [0.717, 1.165) is 14.8 Å². The highest BCUT2D eigenvalue weighted by Crippen LogP contribution is 2.29. The minimum Gasteiger partial charge on any atom is -0.411 e. The molecule has 0 aromatic heterocycles. The molecule has 21 heavy (non-hydrogen) atoms. The van der Waals surface area contributed by atoms with Crippen molar-refractivity contribution in [1.82, 2.24) is 0 Å². The molecule has 0 saturated heterocycles. The van der Waals surface area contributed by atoms with Gasteiger partial charge in [0.25, 0.3) is 5.91 Å². The third kappa shape index (κ3) is 2.53. The Morgan fingerprint density at radius 1 is 1.14 bits per heavy atom. The fourth-order valence-corrected chi connectivity index (χ4v) is 3.14. The van der Waals surface area contributed by atoms with Gasteiger partial charge in [0.15, 0.2) is 0 Å². The van der Waals surface area contributed by atoms with E-state index in [-0.39, 0.29) is 5.91 Å². The molecule has 0 unspecified atom stereocenters. The average molecular weight is 392 g/mol. The predicted octanol–water partition coefficient (Wildman–Crippen LogP) is 3.52. The lowest BCUT2D eigenvalue weighted by molar-refractivity contribution is 0.0986. The number of rotatable bonds is 1. The van der Waals surface area contributed by atoms with Crippen molar-refractivity contribution >= 4 is 39.9 Å². The molecule has 0 radical (unpaired) electrons. The summed E-state index contributed by atoms with van der Waals surface area (Å²) in [5.74, 6) is -0.0237. The van der Waals surface area contributed by atoms with Crippen LogP contribution < -0.4 is 4.90 Å². The van der Waals surface area contributed by atoms with Crippen LogP contribution in [0.25, 0.3) is 0 Å². The van der Waals surface area contributed by atoms with E-state index >= 15 is 0 Å². The van der Waals surface area contributed by atoms with Gasteiger partial charge in [-0.15, -0.1) is 0 Å². The Hall–Kier alpha value is -1.89. The summed E-state index contributed by atoms with van der Waals surface area (Å²) in [7, 11) is 0. The Labute approximate surface area is 136 Å². The summed E-state index contributed by atoms with van der Waals surface area (Å²) in [6.45, 7) is 0.514. The number of fused-ring (bicyclic) bond motifs is 1. The van der Waals surface area contributed by atoms with Crippen molar-refractivity contribution in [3.8, 4) is 0 Å². The lowest BCUT2D eigenvalue weighted by Crippen LogP contribution is -2.38. The summed E-state index contributed by atoms with van der Waals surface area (Å²) in [4.78, 5) is 14.5. The van der Waals surface area contributed by atoms with Gasteiger partial charge < -0.3 is 10.1 Å². The van der Waals surface area contributed by atoms with E-state index < -0.39 is 0 Å². The van der Waals surface area contributed by atoms with E-state index in [0.29, 0.717) is 24.2 Å². The van der Waals surface area contributed by atoms with Gasteiger partial charge in [-0.1, -0.05) is 35.5 Å². The molecule has 1 aliphatic heterocycles. The first-order chi connectivity index (χ1) is 10.2. The predicted molar refractivity (Wildman–Crippen MR) is 90.2 cm³/mol. The van der Waals surface area contributed by atoms with Crippen molar-refractivity contribution in [1.29, 1.82) is 0 Å². The zero-order chi connectivity index (χ0) is 14.8. The smallest absolute Gasteiger partial charge is 0.259 e. The number of hydrogen-bond acceptors (Lipinski definition) is 3. The van der Waals surface area contributed by atoms with Crippen LogP contribution >= 0.6 is 22.6 Å². The van der Waals surface area contributed by atoms with Crippen LogP contribution in [0.15, 0.2) is 53.7 Å². The summed E-state index contributed by atoms with van der Waals surface area (Å²) in [5.41, 5.74) is 2.92. The number of carbonyl (C=O) groups excluding carboxylic acids is 1. The molecule has 0 atom stereocenters. The topological polar surface area (TPSA) is 52.9 Å². The van der Waals surface area contributed by atoms with Gasteiger partial charge >= 0.3 is 0 Å². The molecule has 106 valence electrons. The van der Waals surface area contributed by atoms with Crippen molar-refractivity contribution in [2.75, 3.05) is 11.4 Å². The Balaban J connectivity index is 2.05. The van der Waals surface area contributed by atoms with E-state index in [1.807, 2.05) is 48.5 Å². The summed E-state index contributed by atoms with van der Waals surface area (Å²) >= 11 is 2.17. The van der Waals surface area contributed by atoms with Crippen LogP contribution in [0.1, 0.15) is 22.3 Å². The first-order valence-corrected chi connectivity index (χ1v) is 7.67. The van der Waals surface area contributed by atoms with E-state index in [1.54, 1.807) is 4.90 Å². The zero-order valence-corrected chi connectivity index (χ0v) is 13.3. The molecule has 0 saturated carbocycles. The normalized spacial score (nSPS) is 15.9. The van der Waals surface area contributed by atoms with E-state index in [1.165, 1.54) is 0 Å². The molecule has 1 amide bonds. The number of nitrogens with zero attached hydrogens (tertiary/aromatic N) is 2. The van der Waals surface area contributed by atoms with Crippen molar-refractivity contribution in [2.24, 2.45) is 5.16 Å². The quantitative estimate of drug-likeness (QED) is 0.459. The minimum absolute atomic E-state index is 0.0237. The summed E-state index contributed by atoms with van der Waals surface area (Å²) in [6, 6.07) is 15.1. The number of benzene rings is 2. The molecule has 4 nitrogen and oxygen atoms in total. The average Bonchev–Trinajstić information content (AvgIpc) is 2.53. The number of para-hydroxylation sites is 1. The number of hydrogen-bond donors (Lipinski definition) is 1. The fourth-order valence-electron chi connectivity index (χ4n) is 2.52. The monoisotopic (exact) mass is 392 g/mol. The first kappa shape index (κ1) is 14.1. The van der Waals surface area contributed by atoms with Crippen LogP contribution in [0.3, 0.4) is 0 Å². The van der Waals surface area contributed by atoms with Gasteiger partial charge in [0.2, 0.25) is 0 Å². The Kier molecular flexibility index (Phi) is 3.92. The van der Waals surface area contributed by atoms with Crippen LogP contribution in [0.2, 0.25) is 0 Å². The summed E-state index contributed by atoms with van der Waals surface area (Å²) < 4.78 is 0.930. The second-order valence-electron chi connectivity index (χ2n) is 4.75. The maximum absolute atomic E-state index is 12.8. The first-order valence-electron chi connectivity index (χ1n) is 6.59. The van der Waals surface area contributed by atoms with Gasteiger partial charge in [0.05, 0.1) is 17.0 Å². The van der Waals surface area contributed by atoms with Gasteiger partial charge in [-0.05, 0) is 40.8 Å². The van der Waals surface area contributed by atoms with Crippen LogP contribution in [0, 0.1) is 3.57 Å². The number of carbonyl (C=O) groups is 1. The van der Waals surface area contributed by atoms with E-state index in [2.05, 4.69) is 27.7 Å². The third-order valence-corrected chi connectivity index (χ3v) is 4.49. The molecule has 3 rings (SSSR count). The highest BCUT2D eigenvalue weighted by atomic mass is 127. The Morgan fingerprint density at radius 3 is 2.62 bits per heavy atom. The molecule has 0 bridgehead atoms. The number of amides is 1. The number of halogens is 1. The van der Waals surface area contributed by atoms with Gasteiger partial charge in [0, 0.05) is 22.1 Å². The zero-order valence-electron chi connectivity index (χ0n) is 11.2. The molecule has 2 aromatic rings. The van der Waals surface area contributed by atoms with Gasteiger partial charge in [-0.3, -0.25) is 4.79 Å². The van der Waals surface area contributed by atoms with Crippen molar-refractivity contribution in [3.05, 3.63) is 63.2 Å². The van der Waals surface area contributed by atoms with Crippen molar-refractivity contribution in [2.45, 2.75) is 6.42 Å². The minimum atomic E-state index is -0.0237. The lowest BCUT2D eigenvalue weighted by Gasteiger charge is -2.30. The summed E-state index contributed by atoms with van der Waals surface area (Å²) in [6.07, 6.45) is 0.544. The molecule has 5 heteroatoms. The molecule has 0 aliphatic carbocycles. The number of anilines is 1. The standard InChI is InChI=1S/C16H13IN2O2/c17-13-7-3-1-5-11(13)16(20)19-10-9-14(18-21)12-6-2-4-8-15(12)19/h1-8,21H,9-10H2. The van der Waals surface area contributed by atoms with Crippen LogP contribution in [0.5, 0.6) is 0 Å². The van der Waals surface area contributed by atoms with E-state index in [9.17, 15) is 4.79 Å². The van der Waals surface area contributed by atoms with E-state index in [4.69, 9.17) is 5.21 Å². The van der Waals surface area contributed by atoms with Crippen molar-refractivity contribution in [3.63, 3.8) is 0 Å². The number of oxime groups is 1. The fraction of sp³-hybridized carbons (Fsp3) is 0.125. The lowest BCUT2D eigenvalue weighted by atomic mass is 9.99. The van der Waals surface area contributed by atoms with Crippen LogP contribution in [-0.2, 0) is 0 Å².